The number of ether oxygens (including phenoxy) is 2. The van der Waals surface area contributed by atoms with E-state index >= 15 is 0 Å². The molecule has 0 saturated carbocycles. The van der Waals surface area contributed by atoms with Crippen molar-refractivity contribution in [1.29, 1.82) is 0 Å². The van der Waals surface area contributed by atoms with Crippen molar-refractivity contribution >= 4 is 10.0 Å². The predicted octanol–water partition coefficient (Wildman–Crippen LogP) is 0.371. The first-order valence-electron chi connectivity index (χ1n) is 5.66. The van der Waals surface area contributed by atoms with Crippen LogP contribution in [0.1, 0.15) is 6.92 Å². The van der Waals surface area contributed by atoms with E-state index in [2.05, 4.69) is 4.72 Å². The van der Waals surface area contributed by atoms with Crippen molar-refractivity contribution in [2.75, 3.05) is 27.4 Å². The summed E-state index contributed by atoms with van der Waals surface area (Å²) >= 11 is 0. The number of hydrogen-bond donors (Lipinski definition) is 2. The van der Waals surface area contributed by atoms with Crippen molar-refractivity contribution in [3.05, 3.63) is 24.3 Å². The van der Waals surface area contributed by atoms with Gasteiger partial charge in [-0.15, -0.1) is 0 Å². The normalized spacial score (nSPS) is 14.9. The van der Waals surface area contributed by atoms with Crippen LogP contribution in [-0.4, -0.2) is 46.5 Å². The summed E-state index contributed by atoms with van der Waals surface area (Å²) in [5, 5.41) is 9.87. The highest BCUT2D eigenvalue weighted by Crippen LogP contribution is 2.22. The van der Waals surface area contributed by atoms with Crippen LogP contribution >= 0.6 is 0 Å². The summed E-state index contributed by atoms with van der Waals surface area (Å²) in [7, 11) is -0.913. The Morgan fingerprint density at radius 2 is 1.95 bits per heavy atom. The third-order valence-electron chi connectivity index (χ3n) is 2.46. The molecule has 0 amide bonds. The van der Waals surface area contributed by atoms with Gasteiger partial charge in [-0.25, -0.2) is 13.1 Å². The molecule has 0 spiro atoms. The number of para-hydroxylation sites is 1. The summed E-state index contributed by atoms with van der Waals surface area (Å²) in [6, 6.07) is 6.28. The largest absolute Gasteiger partial charge is 0.495 e. The van der Waals surface area contributed by atoms with Gasteiger partial charge in [0.25, 0.3) is 0 Å². The van der Waals surface area contributed by atoms with Gasteiger partial charge in [-0.1, -0.05) is 12.1 Å². The number of methoxy groups -OCH3 is 2. The zero-order valence-corrected chi connectivity index (χ0v) is 12.0. The van der Waals surface area contributed by atoms with Crippen molar-refractivity contribution in [3.63, 3.8) is 0 Å². The molecule has 0 bridgehead atoms. The first-order chi connectivity index (χ1) is 8.82. The monoisotopic (exact) mass is 289 g/mol. The summed E-state index contributed by atoms with van der Waals surface area (Å²) in [5.41, 5.74) is -1.27. The van der Waals surface area contributed by atoms with Gasteiger partial charge in [0, 0.05) is 13.7 Å². The van der Waals surface area contributed by atoms with Gasteiger partial charge < -0.3 is 14.6 Å². The summed E-state index contributed by atoms with van der Waals surface area (Å²) in [5.74, 6) is 0.251. The van der Waals surface area contributed by atoms with Gasteiger partial charge in [0.15, 0.2) is 0 Å². The number of nitrogens with one attached hydrogen (secondary N) is 1. The van der Waals surface area contributed by atoms with Crippen LogP contribution in [0.4, 0.5) is 0 Å². The summed E-state index contributed by atoms with van der Waals surface area (Å²) in [4.78, 5) is 0.0331. The molecule has 1 rings (SSSR count). The van der Waals surface area contributed by atoms with Gasteiger partial charge >= 0.3 is 0 Å². The molecule has 6 nitrogen and oxygen atoms in total. The van der Waals surface area contributed by atoms with E-state index in [1.165, 1.54) is 27.2 Å². The van der Waals surface area contributed by atoms with E-state index in [0.717, 1.165) is 0 Å². The Morgan fingerprint density at radius 1 is 1.32 bits per heavy atom. The van der Waals surface area contributed by atoms with Crippen molar-refractivity contribution in [2.45, 2.75) is 17.4 Å². The van der Waals surface area contributed by atoms with Gasteiger partial charge in [-0.05, 0) is 19.1 Å². The molecule has 1 atom stereocenters. The van der Waals surface area contributed by atoms with E-state index in [1.807, 2.05) is 0 Å². The summed E-state index contributed by atoms with van der Waals surface area (Å²) in [6.07, 6.45) is 0. The Morgan fingerprint density at radius 3 is 2.53 bits per heavy atom. The van der Waals surface area contributed by atoms with Gasteiger partial charge in [-0.2, -0.15) is 0 Å². The fourth-order valence-corrected chi connectivity index (χ4v) is 2.86. The van der Waals surface area contributed by atoms with Crippen LogP contribution in [0.15, 0.2) is 29.2 Å². The highest BCUT2D eigenvalue weighted by atomic mass is 32.2. The molecule has 0 radical (unpaired) electrons. The van der Waals surface area contributed by atoms with Crippen LogP contribution in [0.5, 0.6) is 5.75 Å². The van der Waals surface area contributed by atoms with Crippen LogP contribution < -0.4 is 9.46 Å². The molecule has 1 aromatic rings. The topological polar surface area (TPSA) is 84.9 Å². The molecule has 7 heteroatoms. The second-order valence-electron chi connectivity index (χ2n) is 4.41. The maximum atomic E-state index is 12.1. The lowest BCUT2D eigenvalue weighted by atomic mass is 10.1. The van der Waals surface area contributed by atoms with Crippen molar-refractivity contribution < 1.29 is 23.0 Å². The van der Waals surface area contributed by atoms with E-state index in [-0.39, 0.29) is 23.8 Å². The highest BCUT2D eigenvalue weighted by Gasteiger charge is 2.25. The molecule has 0 aliphatic heterocycles. The van der Waals surface area contributed by atoms with E-state index in [1.54, 1.807) is 18.2 Å². The van der Waals surface area contributed by atoms with Crippen LogP contribution in [0.2, 0.25) is 0 Å². The Hall–Kier alpha value is -1.15. The average molecular weight is 289 g/mol. The average Bonchev–Trinajstić information content (AvgIpc) is 2.37. The minimum Gasteiger partial charge on any atom is -0.495 e. The summed E-state index contributed by atoms with van der Waals surface area (Å²) in [6.45, 7) is 1.36. The smallest absolute Gasteiger partial charge is 0.244 e. The zero-order valence-electron chi connectivity index (χ0n) is 11.2. The van der Waals surface area contributed by atoms with Gasteiger partial charge in [0.2, 0.25) is 10.0 Å². The van der Waals surface area contributed by atoms with Crippen LogP contribution in [0, 0.1) is 0 Å². The van der Waals surface area contributed by atoms with E-state index in [9.17, 15) is 13.5 Å². The highest BCUT2D eigenvalue weighted by molar-refractivity contribution is 7.89. The minimum atomic E-state index is -3.75. The van der Waals surface area contributed by atoms with Crippen LogP contribution in [-0.2, 0) is 14.8 Å². The molecule has 0 aliphatic carbocycles. The lowest BCUT2D eigenvalue weighted by Crippen LogP contribution is -2.43. The SMILES string of the molecule is COC[C@](C)(O)CNS(=O)(=O)c1ccccc1OC. The third-order valence-corrected chi connectivity index (χ3v) is 3.90. The molecule has 0 aromatic heterocycles. The van der Waals surface area contributed by atoms with E-state index in [4.69, 9.17) is 9.47 Å². The fourth-order valence-electron chi connectivity index (χ4n) is 1.53. The molecule has 0 fully saturated rings. The molecule has 1 aromatic carbocycles. The minimum absolute atomic E-state index is 0.0292. The van der Waals surface area contributed by atoms with Crippen molar-refractivity contribution in [1.82, 2.24) is 4.72 Å². The molecule has 108 valence electrons. The third kappa shape index (κ3) is 4.46. The molecule has 0 aliphatic rings. The second-order valence-corrected chi connectivity index (χ2v) is 6.14. The number of sulfonamides is 1. The molecular weight excluding hydrogens is 270 g/mol. The number of benzene rings is 1. The summed E-state index contributed by atoms with van der Waals surface area (Å²) < 4.78 is 36.4. The Bertz CT molecular complexity index is 513. The lowest BCUT2D eigenvalue weighted by molar-refractivity contribution is -0.0119. The van der Waals surface area contributed by atoms with Crippen molar-refractivity contribution in [2.24, 2.45) is 0 Å². The molecule has 19 heavy (non-hydrogen) atoms. The lowest BCUT2D eigenvalue weighted by Gasteiger charge is -2.22. The Kier molecular flexibility index (Phi) is 5.30. The predicted molar refractivity (Wildman–Crippen MR) is 70.7 cm³/mol. The van der Waals surface area contributed by atoms with Gasteiger partial charge in [0.05, 0.1) is 19.3 Å². The van der Waals surface area contributed by atoms with E-state index in [0.29, 0.717) is 0 Å². The molecular formula is C12H19NO5S. The number of rotatable bonds is 7. The molecule has 2 N–H and O–H groups in total. The first kappa shape index (κ1) is 15.9. The van der Waals surface area contributed by atoms with Crippen molar-refractivity contribution in [3.8, 4) is 5.75 Å². The van der Waals surface area contributed by atoms with E-state index < -0.39 is 15.6 Å². The van der Waals surface area contributed by atoms with Crippen LogP contribution in [0.3, 0.4) is 0 Å². The fraction of sp³-hybridized carbons (Fsp3) is 0.500. The molecule has 0 unspecified atom stereocenters. The standard InChI is InChI=1S/C12H19NO5S/c1-12(14,9-17-2)8-13-19(15,16)11-7-5-4-6-10(11)18-3/h4-7,13-14H,8-9H2,1-3H3/t12-/m1/s1. The maximum Gasteiger partial charge on any atom is 0.244 e. The van der Waals surface area contributed by atoms with Crippen LogP contribution in [0.25, 0.3) is 0 Å². The Balaban J connectivity index is 2.87. The molecule has 0 heterocycles. The molecule has 0 saturated heterocycles. The quantitative estimate of drug-likeness (QED) is 0.757. The zero-order chi connectivity index (χ0) is 14.5. The van der Waals surface area contributed by atoms with Gasteiger partial charge in [0.1, 0.15) is 10.6 Å². The number of hydrogen-bond acceptors (Lipinski definition) is 5. The second kappa shape index (κ2) is 6.33. The maximum absolute atomic E-state index is 12.1. The first-order valence-corrected chi connectivity index (χ1v) is 7.15. The Labute approximate surface area is 113 Å². The number of aliphatic hydroxyl groups is 1. The van der Waals surface area contributed by atoms with Gasteiger partial charge in [-0.3, -0.25) is 0 Å².